The third-order valence-corrected chi connectivity index (χ3v) is 2.11. The molecule has 11 heavy (non-hydrogen) atoms. The fourth-order valence-electron chi connectivity index (χ4n) is 1.49. The molecular weight excluding hydrogens is 140 g/mol. The summed E-state index contributed by atoms with van der Waals surface area (Å²) in [7, 11) is 0. The minimum atomic E-state index is 0.409. The van der Waals surface area contributed by atoms with Crippen LogP contribution in [0.3, 0.4) is 0 Å². The number of nitrogens with zero attached hydrogens (tertiary/aromatic N) is 1. The van der Waals surface area contributed by atoms with Gasteiger partial charge in [0.25, 0.3) is 0 Å². The molecule has 1 fully saturated rings. The Hall–Kier alpha value is -0.830. The zero-order valence-electron chi connectivity index (χ0n) is 6.42. The average molecular weight is 152 g/mol. The zero-order valence-corrected chi connectivity index (χ0v) is 6.42. The maximum atomic E-state index is 5.20. The van der Waals surface area contributed by atoms with E-state index < -0.39 is 0 Å². The molecular formula is C8H12N2O. The van der Waals surface area contributed by atoms with Crippen LogP contribution in [-0.4, -0.2) is 11.5 Å². The highest BCUT2D eigenvalue weighted by atomic mass is 16.3. The predicted molar refractivity (Wildman–Crippen MR) is 41.1 cm³/mol. The van der Waals surface area contributed by atoms with Crippen molar-refractivity contribution in [3.63, 3.8) is 0 Å². The highest BCUT2D eigenvalue weighted by Gasteiger charge is 2.16. The molecule has 0 radical (unpaired) electrons. The Bertz CT molecular complexity index is 202. The molecule has 1 N–H and O–H groups in total. The largest absolute Gasteiger partial charge is 0.447 e. The maximum absolute atomic E-state index is 5.20. The monoisotopic (exact) mass is 152 g/mol. The topological polar surface area (TPSA) is 38.1 Å². The molecule has 3 heteroatoms. The fraction of sp³-hybridized carbons (Fsp3) is 0.625. The lowest BCUT2D eigenvalue weighted by molar-refractivity contribution is 0.349. The Morgan fingerprint density at radius 3 is 3.18 bits per heavy atom. The second kappa shape index (κ2) is 3.05. The van der Waals surface area contributed by atoms with Crippen molar-refractivity contribution in [1.82, 2.24) is 10.3 Å². The lowest BCUT2D eigenvalue weighted by Crippen LogP contribution is -2.26. The van der Waals surface area contributed by atoms with E-state index in [1.807, 2.05) is 0 Å². The summed E-state index contributed by atoms with van der Waals surface area (Å²) in [5, 5.41) is 3.39. The van der Waals surface area contributed by atoms with E-state index in [2.05, 4.69) is 10.3 Å². The summed E-state index contributed by atoms with van der Waals surface area (Å²) >= 11 is 0. The van der Waals surface area contributed by atoms with Crippen molar-refractivity contribution in [3.8, 4) is 0 Å². The van der Waals surface area contributed by atoms with Gasteiger partial charge in [0.1, 0.15) is 5.76 Å². The van der Waals surface area contributed by atoms with E-state index in [1.165, 1.54) is 25.7 Å². The molecule has 3 nitrogen and oxygen atoms in total. The van der Waals surface area contributed by atoms with Gasteiger partial charge in [0, 0.05) is 0 Å². The molecule has 0 aromatic carbocycles. The van der Waals surface area contributed by atoms with Crippen LogP contribution in [0, 0.1) is 0 Å². The number of hydrogen-bond donors (Lipinski definition) is 1. The van der Waals surface area contributed by atoms with Crippen molar-refractivity contribution >= 4 is 0 Å². The van der Waals surface area contributed by atoms with Crippen LogP contribution in [0.4, 0.5) is 0 Å². The number of piperidine rings is 1. The van der Waals surface area contributed by atoms with Crippen LogP contribution in [-0.2, 0) is 0 Å². The first-order valence-corrected chi connectivity index (χ1v) is 4.08. The Kier molecular flexibility index (Phi) is 1.90. The van der Waals surface area contributed by atoms with E-state index in [0.717, 1.165) is 12.3 Å². The molecule has 1 aromatic heterocycles. The summed E-state index contributed by atoms with van der Waals surface area (Å²) in [5.41, 5.74) is 0. The van der Waals surface area contributed by atoms with Gasteiger partial charge in [0.05, 0.1) is 12.2 Å². The number of aromatic nitrogens is 1. The Labute approximate surface area is 65.8 Å². The maximum Gasteiger partial charge on any atom is 0.180 e. The molecule has 0 saturated carbocycles. The zero-order chi connectivity index (χ0) is 7.52. The normalized spacial score (nSPS) is 25.3. The van der Waals surface area contributed by atoms with Crippen LogP contribution in [0.1, 0.15) is 31.1 Å². The summed E-state index contributed by atoms with van der Waals surface area (Å²) in [6, 6.07) is 0.409. The van der Waals surface area contributed by atoms with Crippen LogP contribution < -0.4 is 5.32 Å². The molecule has 0 unspecified atom stereocenters. The molecule has 0 aliphatic carbocycles. The van der Waals surface area contributed by atoms with Gasteiger partial charge in [-0.15, -0.1) is 0 Å². The molecule has 0 spiro atoms. The Balaban J connectivity index is 2.04. The molecule has 0 amide bonds. The molecule has 1 saturated heterocycles. The van der Waals surface area contributed by atoms with Gasteiger partial charge in [-0.25, -0.2) is 4.98 Å². The van der Waals surface area contributed by atoms with Crippen molar-refractivity contribution < 1.29 is 4.42 Å². The van der Waals surface area contributed by atoms with Gasteiger partial charge in [-0.3, -0.25) is 0 Å². The van der Waals surface area contributed by atoms with Crippen molar-refractivity contribution in [2.75, 3.05) is 6.54 Å². The SMILES string of the molecule is c1ncc([C@@H]2CCCCN2)o1. The van der Waals surface area contributed by atoms with Gasteiger partial charge in [-0.05, 0) is 19.4 Å². The molecule has 1 aliphatic heterocycles. The lowest BCUT2D eigenvalue weighted by atomic mass is 10.0. The average Bonchev–Trinajstić information content (AvgIpc) is 2.58. The van der Waals surface area contributed by atoms with E-state index in [1.54, 1.807) is 6.20 Å². The van der Waals surface area contributed by atoms with Gasteiger partial charge in [-0.1, -0.05) is 6.42 Å². The first kappa shape index (κ1) is 6.85. The number of oxazole rings is 1. The van der Waals surface area contributed by atoms with Gasteiger partial charge < -0.3 is 9.73 Å². The van der Waals surface area contributed by atoms with Crippen molar-refractivity contribution in [2.24, 2.45) is 0 Å². The number of hydrogen-bond acceptors (Lipinski definition) is 3. The molecule has 1 aromatic rings. The van der Waals surface area contributed by atoms with Crippen LogP contribution in [0.25, 0.3) is 0 Å². The first-order chi connectivity index (χ1) is 5.47. The quantitative estimate of drug-likeness (QED) is 0.662. The standard InChI is InChI=1S/C8H12N2O/c1-2-4-10-7(3-1)8-5-9-6-11-8/h5-7,10H,1-4H2/t7-/m0/s1. The van der Waals surface area contributed by atoms with Crippen LogP contribution in [0.15, 0.2) is 17.0 Å². The number of nitrogens with one attached hydrogen (secondary N) is 1. The van der Waals surface area contributed by atoms with E-state index >= 15 is 0 Å². The van der Waals surface area contributed by atoms with Gasteiger partial charge in [0.15, 0.2) is 6.39 Å². The predicted octanol–water partition coefficient (Wildman–Crippen LogP) is 1.49. The molecule has 60 valence electrons. The summed E-state index contributed by atoms with van der Waals surface area (Å²) in [4.78, 5) is 3.89. The first-order valence-electron chi connectivity index (χ1n) is 4.08. The molecule has 0 bridgehead atoms. The minimum Gasteiger partial charge on any atom is -0.447 e. The number of rotatable bonds is 1. The molecule has 2 rings (SSSR count). The Morgan fingerprint density at radius 1 is 1.55 bits per heavy atom. The van der Waals surface area contributed by atoms with E-state index in [9.17, 15) is 0 Å². The van der Waals surface area contributed by atoms with E-state index in [0.29, 0.717) is 6.04 Å². The summed E-state index contributed by atoms with van der Waals surface area (Å²) in [6.45, 7) is 1.10. The summed E-state index contributed by atoms with van der Waals surface area (Å²) in [5.74, 6) is 0.977. The van der Waals surface area contributed by atoms with Crippen molar-refractivity contribution in [2.45, 2.75) is 25.3 Å². The van der Waals surface area contributed by atoms with Gasteiger partial charge in [-0.2, -0.15) is 0 Å². The van der Waals surface area contributed by atoms with E-state index in [-0.39, 0.29) is 0 Å². The third-order valence-electron chi connectivity index (χ3n) is 2.11. The minimum absolute atomic E-state index is 0.409. The smallest absolute Gasteiger partial charge is 0.180 e. The summed E-state index contributed by atoms with van der Waals surface area (Å²) < 4.78 is 5.20. The third kappa shape index (κ3) is 1.43. The van der Waals surface area contributed by atoms with Crippen LogP contribution in [0.5, 0.6) is 0 Å². The Morgan fingerprint density at radius 2 is 2.55 bits per heavy atom. The lowest BCUT2D eigenvalue weighted by Gasteiger charge is -2.20. The van der Waals surface area contributed by atoms with Crippen LogP contribution in [0.2, 0.25) is 0 Å². The van der Waals surface area contributed by atoms with E-state index in [4.69, 9.17) is 4.42 Å². The van der Waals surface area contributed by atoms with Crippen molar-refractivity contribution in [3.05, 3.63) is 18.4 Å². The molecule has 1 atom stereocenters. The van der Waals surface area contributed by atoms with Gasteiger partial charge in [0.2, 0.25) is 0 Å². The summed E-state index contributed by atoms with van der Waals surface area (Å²) in [6.07, 6.45) is 7.03. The van der Waals surface area contributed by atoms with Gasteiger partial charge >= 0.3 is 0 Å². The highest BCUT2D eigenvalue weighted by molar-refractivity contribution is 4.98. The van der Waals surface area contributed by atoms with Crippen molar-refractivity contribution in [1.29, 1.82) is 0 Å². The van der Waals surface area contributed by atoms with Crippen LogP contribution >= 0.6 is 0 Å². The fourth-order valence-corrected chi connectivity index (χ4v) is 1.49. The molecule has 2 heterocycles. The molecule has 1 aliphatic rings. The second-order valence-electron chi connectivity index (χ2n) is 2.91. The second-order valence-corrected chi connectivity index (χ2v) is 2.91. The highest BCUT2D eigenvalue weighted by Crippen LogP contribution is 2.21.